The Morgan fingerprint density at radius 1 is 0.619 bits per heavy atom. The molecule has 2 aliphatic rings. The average molecular weight is 838 g/mol. The van der Waals surface area contributed by atoms with Crippen molar-refractivity contribution in [3.05, 3.63) is 162 Å². The Balaban J connectivity index is 0.000000173. The Morgan fingerprint density at radius 3 is 1.60 bits per heavy atom. The molecule has 0 unspecified atom stereocenters. The Labute approximate surface area is 369 Å². The fraction of sp³-hybridized carbons (Fsp3) is 0.264. The number of carbonyl (C=O) groups is 3. The van der Waals surface area contributed by atoms with Gasteiger partial charge in [0.1, 0.15) is 5.82 Å². The minimum Gasteiger partial charge on any atom is -0.353 e. The summed E-state index contributed by atoms with van der Waals surface area (Å²) in [6, 6.07) is 38.2. The molecule has 7 aromatic rings. The van der Waals surface area contributed by atoms with Crippen LogP contribution in [0.5, 0.6) is 0 Å². The number of nitrogens with one attached hydrogen (secondary N) is 3. The fourth-order valence-corrected chi connectivity index (χ4v) is 9.18. The van der Waals surface area contributed by atoms with Gasteiger partial charge in [0.15, 0.2) is 11.6 Å². The lowest BCUT2D eigenvalue weighted by atomic mass is 9.76. The number of benzene rings is 3. The zero-order valence-electron chi connectivity index (χ0n) is 37.0. The van der Waals surface area contributed by atoms with Crippen LogP contribution < -0.4 is 16.0 Å². The van der Waals surface area contributed by atoms with Gasteiger partial charge in [-0.25, -0.2) is 4.98 Å². The van der Waals surface area contributed by atoms with E-state index in [1.54, 1.807) is 6.20 Å². The smallest absolute Gasteiger partial charge is 0.222 e. The Morgan fingerprint density at radius 2 is 1.10 bits per heavy atom. The fourth-order valence-electron chi connectivity index (χ4n) is 9.18. The number of anilines is 5. The van der Waals surface area contributed by atoms with Crippen molar-refractivity contribution in [3.8, 4) is 22.5 Å². The van der Waals surface area contributed by atoms with Crippen molar-refractivity contribution >= 4 is 46.0 Å². The summed E-state index contributed by atoms with van der Waals surface area (Å²) in [5, 5.41) is 9.88. The molecule has 3 N–H and O–H groups in total. The van der Waals surface area contributed by atoms with Crippen molar-refractivity contribution in [3.63, 3.8) is 0 Å². The van der Waals surface area contributed by atoms with Gasteiger partial charge in [0.2, 0.25) is 5.91 Å². The molecule has 4 heterocycles. The minimum atomic E-state index is -0.172. The van der Waals surface area contributed by atoms with E-state index in [-0.39, 0.29) is 28.3 Å². The first-order valence-electron chi connectivity index (χ1n) is 21.7. The number of ketones is 2. The molecule has 0 radical (unpaired) electrons. The summed E-state index contributed by atoms with van der Waals surface area (Å²) in [7, 11) is 0. The number of amides is 1. The highest BCUT2D eigenvalue weighted by Gasteiger charge is 2.39. The molecule has 0 saturated heterocycles. The quantitative estimate of drug-likeness (QED) is 0.125. The molecule has 0 fully saturated rings. The first-order chi connectivity index (χ1) is 30.3. The maximum Gasteiger partial charge on any atom is 0.222 e. The molecular formula is C53H55N7O3. The standard InChI is InChI=1S/C28H27N3O.C25H28N4O2/c1-28(2)17-23-25(24(32)18-28)26(30-22-11-7-4-8-12-22)27(21-13-15-29-16-14-21)31(23)19-20-9-5-3-6-10-20;1-5-29-19-14-25(3,4)15-20(31)22(19)23(28-18-9-7-6-8-10-18)24(29)17-11-12-26-21(13-17)27-16(2)30/h3-16,30H,17-19H2,1-2H3;6-13,28H,5,14-15H2,1-4H3,(H,26,27,30). The first kappa shape index (κ1) is 42.6. The van der Waals surface area contributed by atoms with Gasteiger partial charge in [0.05, 0.1) is 33.9 Å². The lowest BCUT2D eigenvalue weighted by Crippen LogP contribution is -2.28. The zero-order chi connectivity index (χ0) is 44.3. The molecule has 4 aromatic heterocycles. The lowest BCUT2D eigenvalue weighted by Gasteiger charge is -2.30. The molecule has 10 nitrogen and oxygen atoms in total. The van der Waals surface area contributed by atoms with Gasteiger partial charge in [-0.3, -0.25) is 19.4 Å². The van der Waals surface area contributed by atoms with Crippen LogP contribution in [-0.2, 0) is 30.7 Å². The van der Waals surface area contributed by atoms with E-state index in [4.69, 9.17) is 0 Å². The molecule has 0 bridgehead atoms. The number of hydrogen-bond donors (Lipinski definition) is 3. The highest BCUT2D eigenvalue weighted by Crippen LogP contribution is 2.47. The number of aromatic nitrogens is 4. The van der Waals surface area contributed by atoms with Crippen LogP contribution in [0.2, 0.25) is 0 Å². The van der Waals surface area contributed by atoms with E-state index in [0.29, 0.717) is 25.2 Å². The van der Waals surface area contributed by atoms with E-state index in [1.165, 1.54) is 12.5 Å². The Bertz CT molecular complexity index is 2770. The molecule has 3 aromatic carbocycles. The van der Waals surface area contributed by atoms with Gasteiger partial charge in [0.25, 0.3) is 0 Å². The normalized spacial score (nSPS) is 14.8. The molecule has 63 heavy (non-hydrogen) atoms. The van der Waals surface area contributed by atoms with Crippen molar-refractivity contribution in [2.75, 3.05) is 16.0 Å². The number of nitrogens with zero attached hydrogens (tertiary/aromatic N) is 4. The molecule has 0 atom stereocenters. The molecule has 2 aliphatic carbocycles. The molecule has 0 saturated carbocycles. The number of Topliss-reactive ketones (excluding diaryl/α,β-unsaturated/α-hetero) is 2. The highest BCUT2D eigenvalue weighted by molar-refractivity contribution is 6.09. The van der Waals surface area contributed by atoms with E-state index in [2.05, 4.69) is 93.9 Å². The number of fused-ring (bicyclic) bond motifs is 2. The van der Waals surface area contributed by atoms with Crippen LogP contribution in [0.3, 0.4) is 0 Å². The molecule has 1 amide bonds. The van der Waals surface area contributed by atoms with Crippen LogP contribution in [0.25, 0.3) is 22.5 Å². The van der Waals surface area contributed by atoms with E-state index in [1.807, 2.05) is 103 Å². The van der Waals surface area contributed by atoms with Crippen LogP contribution >= 0.6 is 0 Å². The highest BCUT2D eigenvalue weighted by atomic mass is 16.1. The van der Waals surface area contributed by atoms with Gasteiger partial charge in [-0.2, -0.15) is 0 Å². The van der Waals surface area contributed by atoms with Gasteiger partial charge < -0.3 is 25.1 Å². The maximum absolute atomic E-state index is 13.5. The van der Waals surface area contributed by atoms with Crippen LogP contribution in [0.4, 0.5) is 28.6 Å². The maximum atomic E-state index is 13.5. The molecule has 320 valence electrons. The second-order valence-electron chi connectivity index (χ2n) is 18.1. The predicted molar refractivity (Wildman–Crippen MR) is 253 cm³/mol. The Hall–Kier alpha value is -7.07. The van der Waals surface area contributed by atoms with Crippen molar-refractivity contribution in [2.45, 2.75) is 80.3 Å². The second kappa shape index (κ2) is 17.7. The summed E-state index contributed by atoms with van der Waals surface area (Å²) in [5.74, 6) is 0.685. The summed E-state index contributed by atoms with van der Waals surface area (Å²) in [6.07, 6.45) is 8.06. The molecule has 10 heteroatoms. The van der Waals surface area contributed by atoms with Crippen LogP contribution in [-0.4, -0.2) is 36.6 Å². The van der Waals surface area contributed by atoms with Crippen molar-refractivity contribution in [2.24, 2.45) is 10.8 Å². The molecular weight excluding hydrogens is 783 g/mol. The molecule has 0 aliphatic heterocycles. The number of rotatable bonds is 10. The van der Waals surface area contributed by atoms with Gasteiger partial charge in [-0.05, 0) is 84.7 Å². The van der Waals surface area contributed by atoms with E-state index < -0.39 is 0 Å². The minimum absolute atomic E-state index is 0.0730. The van der Waals surface area contributed by atoms with Crippen LogP contribution in [0, 0.1) is 10.8 Å². The second-order valence-corrected chi connectivity index (χ2v) is 18.1. The summed E-state index contributed by atoms with van der Waals surface area (Å²) in [4.78, 5) is 46.9. The van der Waals surface area contributed by atoms with Gasteiger partial charge in [-0.1, -0.05) is 94.4 Å². The number of hydrogen-bond acceptors (Lipinski definition) is 7. The van der Waals surface area contributed by atoms with Crippen LogP contribution in [0.1, 0.15) is 92.1 Å². The van der Waals surface area contributed by atoms with E-state index in [0.717, 1.165) is 87.2 Å². The lowest BCUT2D eigenvalue weighted by molar-refractivity contribution is -0.114. The van der Waals surface area contributed by atoms with Gasteiger partial charge in [-0.15, -0.1) is 0 Å². The van der Waals surface area contributed by atoms with Gasteiger partial charge >= 0.3 is 0 Å². The largest absolute Gasteiger partial charge is 0.353 e. The van der Waals surface area contributed by atoms with E-state index in [9.17, 15) is 14.4 Å². The van der Waals surface area contributed by atoms with Crippen molar-refractivity contribution in [1.82, 2.24) is 19.1 Å². The van der Waals surface area contributed by atoms with Gasteiger partial charge in [0, 0.05) is 85.3 Å². The molecule has 0 spiro atoms. The number of carbonyl (C=O) groups excluding carboxylic acids is 3. The summed E-state index contributed by atoms with van der Waals surface area (Å²) in [5.41, 5.74) is 12.4. The first-order valence-corrected chi connectivity index (χ1v) is 21.7. The number of para-hydroxylation sites is 2. The predicted octanol–water partition coefficient (Wildman–Crippen LogP) is 11.9. The summed E-state index contributed by atoms with van der Waals surface area (Å²) in [6.45, 7) is 13.7. The summed E-state index contributed by atoms with van der Waals surface area (Å²) >= 11 is 0. The third-order valence-electron chi connectivity index (χ3n) is 11.7. The SMILES string of the molecule is CC1(C)CC(=O)c2c(Nc3ccccc3)c(-c3ccncc3)n(Cc3ccccc3)c2C1.CCn1c2c(c(Nc3ccccc3)c1-c1ccnc(NC(C)=O)c1)C(=O)CC(C)(C)C2. The van der Waals surface area contributed by atoms with Crippen LogP contribution in [0.15, 0.2) is 134 Å². The monoisotopic (exact) mass is 837 g/mol. The van der Waals surface area contributed by atoms with Crippen molar-refractivity contribution < 1.29 is 14.4 Å². The number of pyridine rings is 2. The van der Waals surface area contributed by atoms with E-state index >= 15 is 0 Å². The molecule has 9 rings (SSSR count). The Kier molecular flexibility index (Phi) is 12.0. The third-order valence-corrected chi connectivity index (χ3v) is 11.7. The summed E-state index contributed by atoms with van der Waals surface area (Å²) < 4.78 is 4.57. The van der Waals surface area contributed by atoms with Crippen molar-refractivity contribution in [1.29, 1.82) is 0 Å². The average Bonchev–Trinajstić information content (AvgIpc) is 3.72. The topological polar surface area (TPSA) is 123 Å². The zero-order valence-corrected chi connectivity index (χ0v) is 37.0. The third kappa shape index (κ3) is 9.26.